The van der Waals surface area contributed by atoms with Crippen LogP contribution in [0, 0.1) is 0 Å². The molecule has 8 aromatic carbocycles. The third-order valence-corrected chi connectivity index (χ3v) is 13.2. The molecule has 4 heterocycles. The van der Waals surface area contributed by atoms with E-state index in [9.17, 15) is 0 Å². The molecule has 6 heteroatoms. The first-order valence-corrected chi connectivity index (χ1v) is 20.6. The molecular formula is C51H29N3OS2. The van der Waals surface area contributed by atoms with Gasteiger partial charge < -0.3 is 4.42 Å². The van der Waals surface area contributed by atoms with Gasteiger partial charge in [0.15, 0.2) is 17.5 Å². The molecular weight excluding hydrogens is 735 g/mol. The Labute approximate surface area is 335 Å². The van der Waals surface area contributed by atoms with Crippen molar-refractivity contribution in [2.75, 3.05) is 0 Å². The molecule has 0 unspecified atom stereocenters. The Balaban J connectivity index is 0.999. The zero-order valence-electron chi connectivity index (χ0n) is 30.3. The normalized spacial score (nSPS) is 11.9. The fraction of sp³-hybridized carbons (Fsp3) is 0. The van der Waals surface area contributed by atoms with E-state index in [1.165, 1.54) is 57.0 Å². The molecule has 57 heavy (non-hydrogen) atoms. The van der Waals surface area contributed by atoms with Crippen molar-refractivity contribution in [2.45, 2.75) is 0 Å². The quantitative estimate of drug-likeness (QED) is 0.175. The fourth-order valence-corrected chi connectivity index (χ4v) is 10.6. The lowest BCUT2D eigenvalue weighted by Crippen LogP contribution is -2.00. The van der Waals surface area contributed by atoms with E-state index < -0.39 is 0 Å². The first-order chi connectivity index (χ1) is 28.2. The summed E-state index contributed by atoms with van der Waals surface area (Å²) in [4.78, 5) is 15.1. The highest BCUT2D eigenvalue weighted by molar-refractivity contribution is 7.26. The second kappa shape index (κ2) is 12.8. The van der Waals surface area contributed by atoms with E-state index in [2.05, 4.69) is 103 Å². The SMILES string of the molecule is c1ccc(-c2nc(-c3ccccc3)nc(-c3cccc4oc5ccc(-c6cccc7sc8cc(-c9ccc%10c(c9)sc9ccccc9%10)ccc8c67)cc5c34)n2)cc1. The minimum absolute atomic E-state index is 0.606. The minimum atomic E-state index is 0.606. The maximum Gasteiger partial charge on any atom is 0.164 e. The summed E-state index contributed by atoms with van der Waals surface area (Å²) in [5, 5.41) is 7.20. The van der Waals surface area contributed by atoms with Crippen LogP contribution < -0.4 is 0 Å². The van der Waals surface area contributed by atoms with Gasteiger partial charge in [-0.2, -0.15) is 0 Å². The fourth-order valence-electron chi connectivity index (χ4n) is 8.26. The minimum Gasteiger partial charge on any atom is -0.456 e. The summed E-state index contributed by atoms with van der Waals surface area (Å²) < 4.78 is 11.7. The third kappa shape index (κ3) is 5.30. The molecule has 0 aliphatic heterocycles. The highest BCUT2D eigenvalue weighted by atomic mass is 32.1. The summed E-state index contributed by atoms with van der Waals surface area (Å²) in [5.41, 5.74) is 9.20. The van der Waals surface area contributed by atoms with E-state index in [4.69, 9.17) is 19.4 Å². The van der Waals surface area contributed by atoms with Gasteiger partial charge in [0.1, 0.15) is 11.2 Å². The van der Waals surface area contributed by atoms with Crippen LogP contribution in [0.25, 0.3) is 119 Å². The molecule has 0 radical (unpaired) electrons. The van der Waals surface area contributed by atoms with Crippen LogP contribution in [-0.4, -0.2) is 15.0 Å². The maximum absolute atomic E-state index is 6.51. The Morgan fingerprint density at radius 2 is 0.895 bits per heavy atom. The van der Waals surface area contributed by atoms with Crippen molar-refractivity contribution in [3.8, 4) is 56.4 Å². The van der Waals surface area contributed by atoms with Crippen LogP contribution in [0.1, 0.15) is 0 Å². The van der Waals surface area contributed by atoms with E-state index in [-0.39, 0.29) is 0 Å². The zero-order chi connectivity index (χ0) is 37.5. The molecule has 266 valence electrons. The van der Waals surface area contributed by atoms with Crippen LogP contribution in [0.2, 0.25) is 0 Å². The summed E-state index contributed by atoms with van der Waals surface area (Å²) in [6.07, 6.45) is 0. The van der Waals surface area contributed by atoms with E-state index >= 15 is 0 Å². The number of rotatable bonds is 5. The highest BCUT2D eigenvalue weighted by Gasteiger charge is 2.20. The monoisotopic (exact) mass is 763 g/mol. The summed E-state index contributed by atoms with van der Waals surface area (Å²) in [6.45, 7) is 0. The second-order valence-electron chi connectivity index (χ2n) is 14.3. The smallest absolute Gasteiger partial charge is 0.164 e. The number of fused-ring (bicyclic) bond motifs is 9. The van der Waals surface area contributed by atoms with Crippen LogP contribution >= 0.6 is 22.7 Å². The van der Waals surface area contributed by atoms with Gasteiger partial charge in [0.2, 0.25) is 0 Å². The number of thiophene rings is 2. The molecule has 4 nitrogen and oxygen atoms in total. The van der Waals surface area contributed by atoms with Crippen LogP contribution in [0.3, 0.4) is 0 Å². The predicted octanol–water partition coefficient (Wildman–Crippen LogP) is 14.8. The molecule has 0 N–H and O–H groups in total. The van der Waals surface area contributed by atoms with Crippen molar-refractivity contribution >= 4 is 85.0 Å². The Morgan fingerprint density at radius 3 is 1.67 bits per heavy atom. The van der Waals surface area contributed by atoms with Crippen molar-refractivity contribution in [2.24, 2.45) is 0 Å². The first kappa shape index (κ1) is 32.3. The van der Waals surface area contributed by atoms with Crippen LogP contribution in [-0.2, 0) is 0 Å². The van der Waals surface area contributed by atoms with E-state index in [1.807, 2.05) is 95.5 Å². The Morgan fingerprint density at radius 1 is 0.316 bits per heavy atom. The molecule has 0 bridgehead atoms. The molecule has 0 aliphatic rings. The Bertz CT molecular complexity index is 3470. The van der Waals surface area contributed by atoms with Crippen molar-refractivity contribution in [1.82, 2.24) is 15.0 Å². The van der Waals surface area contributed by atoms with Crippen LogP contribution in [0.5, 0.6) is 0 Å². The Hall–Kier alpha value is -6.99. The zero-order valence-corrected chi connectivity index (χ0v) is 31.9. The molecule has 0 saturated heterocycles. The van der Waals surface area contributed by atoms with Gasteiger partial charge >= 0.3 is 0 Å². The maximum atomic E-state index is 6.51. The Kier molecular flexibility index (Phi) is 7.24. The highest BCUT2D eigenvalue weighted by Crippen LogP contribution is 2.44. The number of hydrogen-bond donors (Lipinski definition) is 0. The third-order valence-electron chi connectivity index (χ3n) is 11.0. The average molecular weight is 764 g/mol. The van der Waals surface area contributed by atoms with E-state index in [0.717, 1.165) is 44.2 Å². The van der Waals surface area contributed by atoms with Crippen molar-refractivity contribution in [3.63, 3.8) is 0 Å². The summed E-state index contributed by atoms with van der Waals surface area (Å²) in [6, 6.07) is 62.1. The number of nitrogens with zero attached hydrogens (tertiary/aromatic N) is 3. The molecule has 0 aliphatic carbocycles. The lowest BCUT2D eigenvalue weighted by atomic mass is 9.96. The lowest BCUT2D eigenvalue weighted by molar-refractivity contribution is 0.669. The van der Waals surface area contributed by atoms with Gasteiger partial charge in [-0.25, -0.2) is 15.0 Å². The van der Waals surface area contributed by atoms with Crippen LogP contribution in [0.15, 0.2) is 180 Å². The lowest BCUT2D eigenvalue weighted by Gasteiger charge is -2.09. The molecule has 0 amide bonds. The molecule has 12 rings (SSSR count). The first-order valence-electron chi connectivity index (χ1n) is 18.9. The van der Waals surface area contributed by atoms with Gasteiger partial charge in [-0.1, -0.05) is 133 Å². The topological polar surface area (TPSA) is 51.8 Å². The molecule has 4 aromatic heterocycles. The van der Waals surface area contributed by atoms with Gasteiger partial charge in [0.05, 0.1) is 0 Å². The standard InChI is InChI=1S/C51H29N3OS2/c1-3-11-30(12-4-1)49-52-50(31-13-5-2-6-14-31)54-51(53-49)39-17-9-18-42-47(39)40-27-34(23-26-41(40)55-42)35-16-10-20-44-48(35)38-25-22-33(29-46(38)57-44)32-21-24-37-36-15-7-8-19-43(36)56-45(37)28-32/h1-29H. The molecule has 12 aromatic rings. The summed E-state index contributed by atoms with van der Waals surface area (Å²) in [7, 11) is 0. The average Bonchev–Trinajstić information content (AvgIpc) is 3.97. The van der Waals surface area contributed by atoms with E-state index in [0.29, 0.717) is 17.5 Å². The molecule has 0 spiro atoms. The second-order valence-corrected chi connectivity index (χ2v) is 16.5. The number of hydrogen-bond acceptors (Lipinski definition) is 6. The van der Waals surface area contributed by atoms with Crippen molar-refractivity contribution in [1.29, 1.82) is 0 Å². The molecule has 0 atom stereocenters. The van der Waals surface area contributed by atoms with Crippen molar-refractivity contribution < 1.29 is 4.42 Å². The summed E-state index contributed by atoms with van der Waals surface area (Å²) >= 11 is 3.72. The number of benzene rings is 8. The molecule has 0 saturated carbocycles. The summed E-state index contributed by atoms with van der Waals surface area (Å²) in [5.74, 6) is 1.86. The predicted molar refractivity (Wildman–Crippen MR) is 240 cm³/mol. The number of furan rings is 1. The molecule has 0 fully saturated rings. The van der Waals surface area contributed by atoms with Gasteiger partial charge in [-0.3, -0.25) is 0 Å². The van der Waals surface area contributed by atoms with Gasteiger partial charge in [-0.05, 0) is 64.7 Å². The van der Waals surface area contributed by atoms with Gasteiger partial charge in [0, 0.05) is 67.8 Å². The van der Waals surface area contributed by atoms with Gasteiger partial charge in [0.25, 0.3) is 0 Å². The largest absolute Gasteiger partial charge is 0.456 e. The van der Waals surface area contributed by atoms with Crippen LogP contribution in [0.4, 0.5) is 0 Å². The van der Waals surface area contributed by atoms with Gasteiger partial charge in [-0.15, -0.1) is 22.7 Å². The number of aromatic nitrogens is 3. The van der Waals surface area contributed by atoms with E-state index in [1.54, 1.807) is 0 Å². The van der Waals surface area contributed by atoms with Crippen molar-refractivity contribution in [3.05, 3.63) is 176 Å².